The molecule has 1 aromatic heterocycles. The number of hydrazine groups is 1. The summed E-state index contributed by atoms with van der Waals surface area (Å²) in [5.74, 6) is 4.20. The standard InChI is InChI=1S/C13H15ClF2N4/c1-7-13(14)12(20(2)19-7)6-11(18-17)8-3-9(15)5-10(16)4-8/h3-5,11,18H,6,17H2,1-2H3. The monoisotopic (exact) mass is 300 g/mol. The third-order valence-corrected chi connectivity index (χ3v) is 3.64. The number of nitrogens with one attached hydrogen (secondary N) is 1. The Labute approximate surface area is 120 Å². The fourth-order valence-electron chi connectivity index (χ4n) is 2.14. The Morgan fingerprint density at radius 3 is 2.40 bits per heavy atom. The first kappa shape index (κ1) is 14.9. The van der Waals surface area contributed by atoms with Crippen molar-refractivity contribution in [3.05, 3.63) is 51.8 Å². The zero-order valence-corrected chi connectivity index (χ0v) is 11.9. The molecular formula is C13H15ClF2N4. The van der Waals surface area contributed by atoms with E-state index >= 15 is 0 Å². The van der Waals surface area contributed by atoms with Gasteiger partial charge in [-0.2, -0.15) is 5.10 Å². The number of hydrogen-bond acceptors (Lipinski definition) is 3. The number of halogens is 3. The van der Waals surface area contributed by atoms with Gasteiger partial charge in [0.05, 0.1) is 22.5 Å². The first-order chi connectivity index (χ1) is 9.42. The zero-order chi connectivity index (χ0) is 14.9. The van der Waals surface area contributed by atoms with Crippen molar-refractivity contribution in [3.8, 4) is 0 Å². The van der Waals surface area contributed by atoms with Gasteiger partial charge in [-0.05, 0) is 24.6 Å². The minimum atomic E-state index is -0.646. The third kappa shape index (κ3) is 2.98. The average Bonchev–Trinajstić information content (AvgIpc) is 2.60. The van der Waals surface area contributed by atoms with Crippen molar-refractivity contribution in [3.63, 3.8) is 0 Å². The second kappa shape index (κ2) is 5.87. The molecule has 7 heteroatoms. The van der Waals surface area contributed by atoms with E-state index in [2.05, 4.69) is 10.5 Å². The van der Waals surface area contributed by atoms with Crippen molar-refractivity contribution in [2.24, 2.45) is 12.9 Å². The summed E-state index contributed by atoms with van der Waals surface area (Å²) in [7, 11) is 1.76. The topological polar surface area (TPSA) is 55.9 Å². The SMILES string of the molecule is Cc1nn(C)c(CC(NN)c2cc(F)cc(F)c2)c1Cl. The van der Waals surface area contributed by atoms with E-state index in [1.54, 1.807) is 18.7 Å². The van der Waals surface area contributed by atoms with Crippen LogP contribution in [0.25, 0.3) is 0 Å². The van der Waals surface area contributed by atoms with E-state index in [1.165, 1.54) is 12.1 Å². The maximum absolute atomic E-state index is 13.3. The molecule has 0 bridgehead atoms. The molecule has 0 aliphatic carbocycles. The van der Waals surface area contributed by atoms with Crippen LogP contribution in [0.5, 0.6) is 0 Å². The number of aromatic nitrogens is 2. The van der Waals surface area contributed by atoms with Gasteiger partial charge in [-0.25, -0.2) is 8.78 Å². The van der Waals surface area contributed by atoms with E-state index < -0.39 is 17.7 Å². The highest BCUT2D eigenvalue weighted by Gasteiger charge is 2.18. The van der Waals surface area contributed by atoms with Gasteiger partial charge >= 0.3 is 0 Å². The van der Waals surface area contributed by atoms with Crippen LogP contribution in [0.3, 0.4) is 0 Å². The van der Waals surface area contributed by atoms with Crippen molar-refractivity contribution in [2.45, 2.75) is 19.4 Å². The van der Waals surface area contributed by atoms with Crippen LogP contribution in [-0.4, -0.2) is 9.78 Å². The van der Waals surface area contributed by atoms with E-state index in [0.29, 0.717) is 22.7 Å². The van der Waals surface area contributed by atoms with Gasteiger partial charge in [0.2, 0.25) is 0 Å². The number of aryl methyl sites for hydroxylation is 2. The second-order valence-electron chi connectivity index (χ2n) is 4.60. The molecule has 0 radical (unpaired) electrons. The first-order valence-electron chi connectivity index (χ1n) is 6.02. The highest BCUT2D eigenvalue weighted by Crippen LogP contribution is 2.26. The molecule has 0 fully saturated rings. The van der Waals surface area contributed by atoms with Crippen LogP contribution >= 0.6 is 11.6 Å². The maximum Gasteiger partial charge on any atom is 0.126 e. The fraction of sp³-hybridized carbons (Fsp3) is 0.308. The van der Waals surface area contributed by atoms with Crippen LogP contribution in [0.4, 0.5) is 8.78 Å². The summed E-state index contributed by atoms with van der Waals surface area (Å²) in [5, 5.41) is 4.73. The molecule has 2 aromatic rings. The smallest absolute Gasteiger partial charge is 0.126 e. The molecule has 3 N–H and O–H groups in total. The summed E-state index contributed by atoms with van der Waals surface area (Å²) in [5.41, 5.74) is 4.41. The summed E-state index contributed by atoms with van der Waals surface area (Å²) >= 11 is 6.17. The first-order valence-corrected chi connectivity index (χ1v) is 6.40. The van der Waals surface area contributed by atoms with E-state index in [0.717, 1.165) is 11.8 Å². The third-order valence-electron chi connectivity index (χ3n) is 3.15. The summed E-state index contributed by atoms with van der Waals surface area (Å²) in [6, 6.07) is 2.83. The van der Waals surface area contributed by atoms with Gasteiger partial charge in [0.15, 0.2) is 0 Å². The van der Waals surface area contributed by atoms with Gasteiger partial charge in [-0.3, -0.25) is 16.0 Å². The van der Waals surface area contributed by atoms with Crippen LogP contribution < -0.4 is 11.3 Å². The van der Waals surface area contributed by atoms with Crippen LogP contribution in [0.15, 0.2) is 18.2 Å². The molecule has 1 atom stereocenters. The van der Waals surface area contributed by atoms with Crippen molar-refractivity contribution in [2.75, 3.05) is 0 Å². The molecule has 2 rings (SSSR count). The fourth-order valence-corrected chi connectivity index (χ4v) is 2.38. The highest BCUT2D eigenvalue weighted by atomic mass is 35.5. The maximum atomic E-state index is 13.3. The lowest BCUT2D eigenvalue weighted by atomic mass is 10.0. The quantitative estimate of drug-likeness (QED) is 0.673. The van der Waals surface area contributed by atoms with Gasteiger partial charge in [0.25, 0.3) is 0 Å². The molecule has 1 heterocycles. The summed E-state index contributed by atoms with van der Waals surface area (Å²) in [4.78, 5) is 0. The minimum absolute atomic E-state index is 0.371. The Kier molecular flexibility index (Phi) is 4.37. The van der Waals surface area contributed by atoms with Crippen molar-refractivity contribution in [1.82, 2.24) is 15.2 Å². The molecule has 20 heavy (non-hydrogen) atoms. The van der Waals surface area contributed by atoms with Crippen molar-refractivity contribution < 1.29 is 8.78 Å². The molecule has 0 aliphatic heterocycles. The molecule has 0 saturated heterocycles. The minimum Gasteiger partial charge on any atom is -0.271 e. The van der Waals surface area contributed by atoms with E-state index in [9.17, 15) is 8.78 Å². The lowest BCUT2D eigenvalue weighted by molar-refractivity contribution is 0.515. The predicted octanol–water partition coefficient (Wildman–Crippen LogP) is 2.41. The summed E-state index contributed by atoms with van der Waals surface area (Å²) in [6.07, 6.45) is 0.371. The van der Waals surface area contributed by atoms with Crippen LogP contribution in [0, 0.1) is 18.6 Å². The Balaban J connectivity index is 2.33. The number of benzene rings is 1. The molecular weight excluding hydrogens is 286 g/mol. The van der Waals surface area contributed by atoms with Crippen LogP contribution in [0.2, 0.25) is 5.02 Å². The largest absolute Gasteiger partial charge is 0.271 e. The van der Waals surface area contributed by atoms with E-state index in [1.807, 2.05) is 0 Å². The number of rotatable bonds is 4. The van der Waals surface area contributed by atoms with E-state index in [4.69, 9.17) is 17.4 Å². The predicted molar refractivity (Wildman–Crippen MR) is 73.1 cm³/mol. The normalized spacial score (nSPS) is 12.7. The summed E-state index contributed by atoms with van der Waals surface area (Å²) in [6.45, 7) is 1.79. The molecule has 108 valence electrons. The van der Waals surface area contributed by atoms with Gasteiger partial charge in [0.1, 0.15) is 11.6 Å². The van der Waals surface area contributed by atoms with E-state index in [-0.39, 0.29) is 0 Å². The lowest BCUT2D eigenvalue weighted by Crippen LogP contribution is -2.30. The Morgan fingerprint density at radius 2 is 1.95 bits per heavy atom. The zero-order valence-electron chi connectivity index (χ0n) is 11.1. The van der Waals surface area contributed by atoms with Gasteiger partial charge in [0, 0.05) is 19.5 Å². The highest BCUT2D eigenvalue weighted by molar-refractivity contribution is 6.31. The molecule has 0 amide bonds. The number of nitrogens with zero attached hydrogens (tertiary/aromatic N) is 2. The van der Waals surface area contributed by atoms with Crippen molar-refractivity contribution >= 4 is 11.6 Å². The van der Waals surface area contributed by atoms with Crippen molar-refractivity contribution in [1.29, 1.82) is 0 Å². The van der Waals surface area contributed by atoms with Gasteiger partial charge in [-0.1, -0.05) is 11.6 Å². The Bertz CT molecular complexity index is 607. The second-order valence-corrected chi connectivity index (χ2v) is 4.97. The van der Waals surface area contributed by atoms with Gasteiger partial charge < -0.3 is 0 Å². The molecule has 4 nitrogen and oxygen atoms in total. The molecule has 0 saturated carbocycles. The summed E-state index contributed by atoms with van der Waals surface area (Å²) < 4.78 is 28.2. The van der Waals surface area contributed by atoms with Crippen LogP contribution in [-0.2, 0) is 13.5 Å². The van der Waals surface area contributed by atoms with Crippen LogP contribution in [0.1, 0.15) is 23.0 Å². The lowest BCUT2D eigenvalue weighted by Gasteiger charge is -2.17. The molecule has 1 aromatic carbocycles. The molecule has 1 unspecified atom stereocenters. The average molecular weight is 301 g/mol. The molecule has 0 spiro atoms. The number of nitrogens with two attached hydrogens (primary N) is 1. The molecule has 0 aliphatic rings. The Hall–Kier alpha value is -1.50. The Morgan fingerprint density at radius 1 is 1.35 bits per heavy atom. The number of hydrogen-bond donors (Lipinski definition) is 2. The van der Waals surface area contributed by atoms with Gasteiger partial charge in [-0.15, -0.1) is 0 Å².